The molecular formula is C24H20N2O6. The molecule has 8 nitrogen and oxygen atoms in total. The van der Waals surface area contributed by atoms with Crippen LogP contribution in [0, 0.1) is 11.3 Å². The fourth-order valence-electron chi connectivity index (χ4n) is 2.65. The number of rotatable bonds is 8. The van der Waals surface area contributed by atoms with Gasteiger partial charge in [0.1, 0.15) is 23.2 Å². The molecule has 0 fully saturated rings. The molecule has 0 unspecified atom stereocenters. The number of amides is 1. The van der Waals surface area contributed by atoms with E-state index in [-0.39, 0.29) is 23.6 Å². The molecule has 0 spiro atoms. The lowest BCUT2D eigenvalue weighted by atomic mass is 10.1. The van der Waals surface area contributed by atoms with Crippen molar-refractivity contribution in [2.75, 3.05) is 6.61 Å². The van der Waals surface area contributed by atoms with Crippen molar-refractivity contribution in [3.63, 3.8) is 0 Å². The Morgan fingerprint density at radius 2 is 1.88 bits per heavy atom. The van der Waals surface area contributed by atoms with E-state index in [4.69, 9.17) is 18.6 Å². The quantitative estimate of drug-likeness (QED) is 0.242. The van der Waals surface area contributed by atoms with Gasteiger partial charge in [-0.1, -0.05) is 24.3 Å². The lowest BCUT2D eigenvalue weighted by molar-refractivity contribution is -0.117. The second kappa shape index (κ2) is 11.0. The molecule has 1 N–H and O–H groups in total. The molecule has 162 valence electrons. The molecule has 1 aromatic heterocycles. The molecule has 0 saturated heterocycles. The van der Waals surface area contributed by atoms with Crippen LogP contribution in [0.2, 0.25) is 0 Å². The molecule has 2 aromatic carbocycles. The van der Waals surface area contributed by atoms with Crippen molar-refractivity contribution in [1.29, 1.82) is 5.26 Å². The molecule has 0 aliphatic carbocycles. The molecule has 32 heavy (non-hydrogen) atoms. The predicted molar refractivity (Wildman–Crippen MR) is 115 cm³/mol. The Kier molecular flexibility index (Phi) is 7.65. The minimum atomic E-state index is -0.921. The molecule has 3 rings (SSSR count). The van der Waals surface area contributed by atoms with Crippen LogP contribution in [0.4, 0.5) is 4.79 Å². The summed E-state index contributed by atoms with van der Waals surface area (Å²) in [5, 5.41) is 12.0. The van der Waals surface area contributed by atoms with Crippen LogP contribution in [0.1, 0.15) is 18.2 Å². The second-order valence-electron chi connectivity index (χ2n) is 6.34. The summed E-state index contributed by atoms with van der Waals surface area (Å²) < 4.78 is 21.1. The monoisotopic (exact) mass is 432 g/mol. The summed E-state index contributed by atoms with van der Waals surface area (Å²) in [6.45, 7) is 2.24. The van der Waals surface area contributed by atoms with Crippen molar-refractivity contribution in [1.82, 2.24) is 5.32 Å². The Labute approximate surface area is 184 Å². The zero-order chi connectivity index (χ0) is 22.8. The molecule has 0 bridgehead atoms. The number of benzene rings is 2. The molecule has 1 amide bonds. The highest BCUT2D eigenvalue weighted by Gasteiger charge is 2.15. The molecule has 0 aliphatic heterocycles. The Hall–Kier alpha value is -4.51. The standard InChI is InChI=1S/C24H20N2O6/c1-2-29-22-14-17(13-18(15-25)23(27)26-16-20-9-6-12-30-20)10-11-21(22)32-24(28)31-19-7-4-3-5-8-19/h3-14H,2,16H2,1H3,(H,26,27)/b18-13+. The van der Waals surface area contributed by atoms with Crippen LogP contribution in [0.15, 0.2) is 76.9 Å². The van der Waals surface area contributed by atoms with Crippen LogP contribution >= 0.6 is 0 Å². The highest BCUT2D eigenvalue weighted by atomic mass is 16.7. The number of hydrogen-bond donors (Lipinski definition) is 1. The summed E-state index contributed by atoms with van der Waals surface area (Å²) in [4.78, 5) is 24.4. The van der Waals surface area contributed by atoms with Crippen LogP contribution in [-0.2, 0) is 11.3 Å². The normalized spacial score (nSPS) is 10.7. The maximum atomic E-state index is 12.3. The van der Waals surface area contributed by atoms with E-state index in [2.05, 4.69) is 5.32 Å². The molecular weight excluding hydrogens is 412 g/mol. The van der Waals surface area contributed by atoms with Gasteiger partial charge in [-0.15, -0.1) is 0 Å². The Bertz CT molecular complexity index is 1130. The number of nitrogens with zero attached hydrogens (tertiary/aromatic N) is 1. The maximum Gasteiger partial charge on any atom is 0.519 e. The predicted octanol–water partition coefficient (Wildman–Crippen LogP) is 4.48. The molecule has 3 aromatic rings. The number of carbonyl (C=O) groups excluding carboxylic acids is 2. The number of carbonyl (C=O) groups is 2. The number of furan rings is 1. The summed E-state index contributed by atoms with van der Waals surface area (Å²) in [6.07, 6.45) is 1.98. The zero-order valence-electron chi connectivity index (χ0n) is 17.2. The van der Waals surface area contributed by atoms with E-state index in [0.29, 0.717) is 23.7 Å². The summed E-state index contributed by atoms with van der Waals surface area (Å²) >= 11 is 0. The van der Waals surface area contributed by atoms with Gasteiger partial charge in [-0.25, -0.2) is 4.79 Å². The van der Waals surface area contributed by atoms with Gasteiger partial charge < -0.3 is 23.9 Å². The minimum Gasteiger partial charge on any atom is -0.490 e. The van der Waals surface area contributed by atoms with Crippen molar-refractivity contribution in [2.45, 2.75) is 13.5 Å². The molecule has 8 heteroatoms. The summed E-state index contributed by atoms with van der Waals surface area (Å²) in [6, 6.07) is 18.4. The molecule has 0 aliphatic rings. The minimum absolute atomic E-state index is 0.101. The third kappa shape index (κ3) is 6.24. The molecule has 0 radical (unpaired) electrons. The van der Waals surface area contributed by atoms with E-state index in [0.717, 1.165) is 0 Å². The van der Waals surface area contributed by atoms with Crippen molar-refractivity contribution < 1.29 is 28.2 Å². The largest absolute Gasteiger partial charge is 0.519 e. The first-order chi connectivity index (χ1) is 15.6. The van der Waals surface area contributed by atoms with Crippen LogP contribution in [0.5, 0.6) is 17.2 Å². The van der Waals surface area contributed by atoms with Crippen molar-refractivity contribution in [3.05, 3.63) is 83.8 Å². The van der Waals surface area contributed by atoms with Crippen molar-refractivity contribution in [2.24, 2.45) is 0 Å². The van der Waals surface area contributed by atoms with Gasteiger partial charge >= 0.3 is 6.16 Å². The highest BCUT2D eigenvalue weighted by molar-refractivity contribution is 6.01. The SMILES string of the molecule is CCOc1cc(/C=C(\C#N)C(=O)NCc2ccco2)ccc1OC(=O)Oc1ccccc1. The number of para-hydroxylation sites is 1. The van der Waals surface area contributed by atoms with Crippen LogP contribution < -0.4 is 19.5 Å². The van der Waals surface area contributed by atoms with Gasteiger partial charge in [0.15, 0.2) is 11.5 Å². The van der Waals surface area contributed by atoms with E-state index in [1.165, 1.54) is 18.4 Å². The maximum absolute atomic E-state index is 12.3. The van der Waals surface area contributed by atoms with E-state index in [1.807, 2.05) is 6.07 Å². The first-order valence-electron chi connectivity index (χ1n) is 9.73. The molecule has 0 saturated carbocycles. The van der Waals surface area contributed by atoms with Gasteiger partial charge in [0.25, 0.3) is 5.91 Å². The van der Waals surface area contributed by atoms with Crippen LogP contribution in [0.3, 0.4) is 0 Å². The first kappa shape index (κ1) is 22.2. The van der Waals surface area contributed by atoms with E-state index in [1.54, 1.807) is 61.5 Å². The van der Waals surface area contributed by atoms with E-state index < -0.39 is 12.1 Å². The molecule has 0 atom stereocenters. The van der Waals surface area contributed by atoms with Gasteiger partial charge in [0.05, 0.1) is 19.4 Å². The number of ether oxygens (including phenoxy) is 3. The lowest BCUT2D eigenvalue weighted by Gasteiger charge is -2.11. The van der Waals surface area contributed by atoms with Crippen LogP contribution in [0.25, 0.3) is 6.08 Å². The third-order valence-electron chi connectivity index (χ3n) is 4.08. The third-order valence-corrected chi connectivity index (χ3v) is 4.08. The van der Waals surface area contributed by atoms with Crippen LogP contribution in [-0.4, -0.2) is 18.7 Å². The number of nitrogens with one attached hydrogen (secondary N) is 1. The van der Waals surface area contributed by atoms with Crippen molar-refractivity contribution >= 4 is 18.1 Å². The highest BCUT2D eigenvalue weighted by Crippen LogP contribution is 2.30. The van der Waals surface area contributed by atoms with Gasteiger partial charge in [-0.2, -0.15) is 5.26 Å². The number of nitriles is 1. The first-order valence-corrected chi connectivity index (χ1v) is 9.73. The second-order valence-corrected chi connectivity index (χ2v) is 6.34. The molecule has 1 heterocycles. The zero-order valence-corrected chi connectivity index (χ0v) is 17.2. The van der Waals surface area contributed by atoms with Gasteiger partial charge in [-0.3, -0.25) is 4.79 Å². The number of hydrogen-bond acceptors (Lipinski definition) is 7. The summed E-state index contributed by atoms with van der Waals surface area (Å²) in [7, 11) is 0. The lowest BCUT2D eigenvalue weighted by Crippen LogP contribution is -2.23. The van der Waals surface area contributed by atoms with E-state index >= 15 is 0 Å². The fourth-order valence-corrected chi connectivity index (χ4v) is 2.65. The topological polar surface area (TPSA) is 111 Å². The summed E-state index contributed by atoms with van der Waals surface area (Å²) in [5.74, 6) is 0.770. The summed E-state index contributed by atoms with van der Waals surface area (Å²) in [5.41, 5.74) is 0.415. The van der Waals surface area contributed by atoms with Gasteiger partial charge in [-0.05, 0) is 55.0 Å². The van der Waals surface area contributed by atoms with E-state index in [9.17, 15) is 14.9 Å². The van der Waals surface area contributed by atoms with Crippen molar-refractivity contribution in [3.8, 4) is 23.3 Å². The fraction of sp³-hybridized carbons (Fsp3) is 0.125. The average Bonchev–Trinajstić information content (AvgIpc) is 3.32. The Morgan fingerprint density at radius 3 is 2.56 bits per heavy atom. The Morgan fingerprint density at radius 1 is 1.06 bits per heavy atom. The van der Waals surface area contributed by atoms with Gasteiger partial charge in [0.2, 0.25) is 0 Å². The average molecular weight is 432 g/mol. The smallest absolute Gasteiger partial charge is 0.490 e. The Balaban J connectivity index is 1.72. The van der Waals surface area contributed by atoms with Gasteiger partial charge in [0, 0.05) is 0 Å².